The van der Waals surface area contributed by atoms with Crippen LogP contribution in [0, 0.1) is 5.92 Å². The van der Waals surface area contributed by atoms with Crippen molar-refractivity contribution in [2.45, 2.75) is 44.1 Å². The lowest BCUT2D eigenvalue weighted by molar-refractivity contribution is 0.278. The highest BCUT2D eigenvalue weighted by Gasteiger charge is 2.35. The average molecular weight is 293 g/mol. The fraction of sp³-hybridized carbons (Fsp3) is 0.647. The highest BCUT2D eigenvalue weighted by atomic mass is 35.5. The molecule has 110 valence electrons. The van der Waals surface area contributed by atoms with Crippen LogP contribution in [0.1, 0.15) is 44.1 Å². The zero-order valence-corrected chi connectivity index (χ0v) is 12.9. The maximum absolute atomic E-state index is 6.04. The summed E-state index contributed by atoms with van der Waals surface area (Å²) in [4.78, 5) is 0. The molecule has 2 fully saturated rings. The Morgan fingerprint density at radius 1 is 1.10 bits per heavy atom. The van der Waals surface area contributed by atoms with E-state index in [2.05, 4.69) is 22.8 Å². The van der Waals surface area contributed by atoms with Gasteiger partial charge in [-0.15, -0.1) is 0 Å². The van der Waals surface area contributed by atoms with Gasteiger partial charge in [-0.25, -0.2) is 0 Å². The van der Waals surface area contributed by atoms with E-state index in [1.165, 1.54) is 57.2 Å². The fourth-order valence-electron chi connectivity index (χ4n) is 3.74. The number of nitrogens with one attached hydrogen (secondary N) is 2. The molecule has 1 aromatic carbocycles. The molecule has 20 heavy (non-hydrogen) atoms. The van der Waals surface area contributed by atoms with E-state index in [4.69, 9.17) is 11.6 Å². The molecular formula is C17H25ClN2. The standard InChI is InChI=1S/C17H25ClN2/c18-16-5-3-15(4-6-16)17(9-1-2-10-17)20-13-14-7-11-19-12-8-14/h3-6,14,19-20H,1-2,7-13H2. The second-order valence-corrected chi connectivity index (χ2v) is 6.81. The number of benzene rings is 1. The van der Waals surface area contributed by atoms with Crippen LogP contribution in [-0.2, 0) is 5.54 Å². The van der Waals surface area contributed by atoms with Gasteiger partial charge in [0.15, 0.2) is 0 Å². The number of hydrogen-bond donors (Lipinski definition) is 2. The van der Waals surface area contributed by atoms with E-state index >= 15 is 0 Å². The molecule has 2 nitrogen and oxygen atoms in total. The van der Waals surface area contributed by atoms with Crippen LogP contribution in [0.15, 0.2) is 24.3 Å². The number of hydrogen-bond acceptors (Lipinski definition) is 2. The summed E-state index contributed by atoms with van der Waals surface area (Å²) in [7, 11) is 0. The topological polar surface area (TPSA) is 24.1 Å². The number of halogens is 1. The SMILES string of the molecule is Clc1ccc(C2(NCC3CCNCC3)CCCC2)cc1. The first-order valence-electron chi connectivity index (χ1n) is 8.00. The molecule has 1 aromatic rings. The van der Waals surface area contributed by atoms with Crippen LogP contribution in [0.25, 0.3) is 0 Å². The minimum absolute atomic E-state index is 0.204. The molecule has 0 bridgehead atoms. The summed E-state index contributed by atoms with van der Waals surface area (Å²) in [6.07, 6.45) is 7.82. The minimum Gasteiger partial charge on any atom is -0.317 e. The molecule has 0 spiro atoms. The maximum Gasteiger partial charge on any atom is 0.0434 e. The Morgan fingerprint density at radius 3 is 2.40 bits per heavy atom. The molecule has 2 aliphatic rings. The lowest BCUT2D eigenvalue weighted by atomic mass is 9.87. The molecule has 0 atom stereocenters. The molecule has 0 radical (unpaired) electrons. The van der Waals surface area contributed by atoms with Gasteiger partial charge in [0.1, 0.15) is 0 Å². The van der Waals surface area contributed by atoms with Crippen molar-refractivity contribution < 1.29 is 0 Å². The van der Waals surface area contributed by atoms with E-state index in [0.29, 0.717) is 0 Å². The summed E-state index contributed by atoms with van der Waals surface area (Å²) in [5.74, 6) is 0.834. The quantitative estimate of drug-likeness (QED) is 0.884. The number of rotatable bonds is 4. The first-order chi connectivity index (χ1) is 9.78. The lowest BCUT2D eigenvalue weighted by Gasteiger charge is -2.34. The maximum atomic E-state index is 6.04. The monoisotopic (exact) mass is 292 g/mol. The lowest BCUT2D eigenvalue weighted by Crippen LogP contribution is -2.44. The van der Waals surface area contributed by atoms with E-state index in [9.17, 15) is 0 Å². The molecule has 1 aliphatic carbocycles. The molecule has 2 N–H and O–H groups in total. The molecule has 1 saturated carbocycles. The first kappa shape index (κ1) is 14.4. The molecule has 3 rings (SSSR count). The van der Waals surface area contributed by atoms with E-state index in [1.54, 1.807) is 0 Å². The Balaban J connectivity index is 1.69. The first-order valence-corrected chi connectivity index (χ1v) is 8.38. The van der Waals surface area contributed by atoms with Crippen LogP contribution < -0.4 is 10.6 Å². The summed E-state index contributed by atoms with van der Waals surface area (Å²) >= 11 is 6.04. The van der Waals surface area contributed by atoms with Gasteiger partial charge in [0.25, 0.3) is 0 Å². The van der Waals surface area contributed by atoms with Gasteiger partial charge in [0, 0.05) is 10.6 Å². The van der Waals surface area contributed by atoms with E-state index in [0.717, 1.165) is 17.5 Å². The molecule has 0 unspecified atom stereocenters. The summed E-state index contributed by atoms with van der Waals surface area (Å²) in [5, 5.41) is 8.21. The van der Waals surface area contributed by atoms with Gasteiger partial charge in [-0.05, 0) is 68.9 Å². The highest BCUT2D eigenvalue weighted by molar-refractivity contribution is 6.30. The van der Waals surface area contributed by atoms with E-state index in [1.807, 2.05) is 12.1 Å². The van der Waals surface area contributed by atoms with Gasteiger partial charge in [-0.1, -0.05) is 36.6 Å². The Morgan fingerprint density at radius 2 is 1.75 bits per heavy atom. The largest absolute Gasteiger partial charge is 0.317 e. The van der Waals surface area contributed by atoms with Crippen LogP contribution in [0.3, 0.4) is 0 Å². The van der Waals surface area contributed by atoms with Gasteiger partial charge >= 0.3 is 0 Å². The normalized spacial score (nSPS) is 23.1. The van der Waals surface area contributed by atoms with Crippen LogP contribution in [0.4, 0.5) is 0 Å². The molecule has 1 aliphatic heterocycles. The summed E-state index contributed by atoms with van der Waals surface area (Å²) < 4.78 is 0. The van der Waals surface area contributed by atoms with Crippen molar-refractivity contribution in [3.8, 4) is 0 Å². The van der Waals surface area contributed by atoms with Crippen LogP contribution >= 0.6 is 11.6 Å². The van der Waals surface area contributed by atoms with Crippen LogP contribution in [0.5, 0.6) is 0 Å². The summed E-state index contributed by atoms with van der Waals surface area (Å²) in [5.41, 5.74) is 1.63. The third-order valence-corrected chi connectivity index (χ3v) is 5.29. The Kier molecular flexibility index (Phi) is 4.65. The highest BCUT2D eigenvalue weighted by Crippen LogP contribution is 2.39. The van der Waals surface area contributed by atoms with Crippen molar-refractivity contribution >= 4 is 11.6 Å². The van der Waals surface area contributed by atoms with E-state index in [-0.39, 0.29) is 5.54 Å². The van der Waals surface area contributed by atoms with Gasteiger partial charge in [-0.2, -0.15) is 0 Å². The molecule has 0 amide bonds. The molecule has 0 aromatic heterocycles. The predicted octanol–water partition coefficient (Wildman–Crippen LogP) is 3.70. The molecule has 3 heteroatoms. The zero-order valence-electron chi connectivity index (χ0n) is 12.1. The molecule has 1 heterocycles. The van der Waals surface area contributed by atoms with Crippen molar-refractivity contribution in [3.63, 3.8) is 0 Å². The second kappa shape index (κ2) is 6.46. The predicted molar refractivity (Wildman–Crippen MR) is 85.2 cm³/mol. The van der Waals surface area contributed by atoms with Crippen molar-refractivity contribution in [1.82, 2.24) is 10.6 Å². The fourth-order valence-corrected chi connectivity index (χ4v) is 3.87. The Hall–Kier alpha value is -0.570. The van der Waals surface area contributed by atoms with Crippen molar-refractivity contribution in [2.24, 2.45) is 5.92 Å². The third kappa shape index (κ3) is 3.19. The number of piperidine rings is 1. The summed E-state index contributed by atoms with van der Waals surface area (Å²) in [6.45, 7) is 3.52. The smallest absolute Gasteiger partial charge is 0.0434 e. The second-order valence-electron chi connectivity index (χ2n) is 6.37. The van der Waals surface area contributed by atoms with Crippen molar-refractivity contribution in [1.29, 1.82) is 0 Å². The zero-order chi connectivity index (χ0) is 13.8. The van der Waals surface area contributed by atoms with Crippen LogP contribution in [-0.4, -0.2) is 19.6 Å². The van der Waals surface area contributed by atoms with Gasteiger partial charge in [0.2, 0.25) is 0 Å². The van der Waals surface area contributed by atoms with Crippen molar-refractivity contribution in [2.75, 3.05) is 19.6 Å². The van der Waals surface area contributed by atoms with Crippen molar-refractivity contribution in [3.05, 3.63) is 34.9 Å². The Bertz CT molecular complexity index is 417. The average Bonchev–Trinajstić information content (AvgIpc) is 2.97. The van der Waals surface area contributed by atoms with Gasteiger partial charge in [0.05, 0.1) is 0 Å². The minimum atomic E-state index is 0.204. The van der Waals surface area contributed by atoms with Gasteiger partial charge in [-0.3, -0.25) is 0 Å². The molecular weight excluding hydrogens is 268 g/mol. The van der Waals surface area contributed by atoms with Crippen LogP contribution in [0.2, 0.25) is 5.02 Å². The third-order valence-electron chi connectivity index (χ3n) is 5.04. The molecule has 1 saturated heterocycles. The Labute approximate surface area is 127 Å². The summed E-state index contributed by atoms with van der Waals surface area (Å²) in [6, 6.07) is 8.48. The van der Waals surface area contributed by atoms with Gasteiger partial charge < -0.3 is 10.6 Å². The van der Waals surface area contributed by atoms with E-state index < -0.39 is 0 Å².